The lowest BCUT2D eigenvalue weighted by Crippen LogP contribution is -1.93. The molecule has 0 atom stereocenters. The third kappa shape index (κ3) is 2.79. The van der Waals surface area contributed by atoms with Crippen LogP contribution in [-0.2, 0) is 0 Å². The number of ether oxygens (including phenoxy) is 1. The van der Waals surface area contributed by atoms with E-state index < -0.39 is 0 Å². The van der Waals surface area contributed by atoms with E-state index in [0.717, 1.165) is 5.56 Å². The molecule has 4 nitrogen and oxygen atoms in total. The van der Waals surface area contributed by atoms with Gasteiger partial charge in [0.25, 0.3) is 0 Å². The number of hydrogen-bond acceptors (Lipinski definition) is 4. The Kier molecular flexibility index (Phi) is 3.35. The molecule has 1 aromatic carbocycles. The van der Waals surface area contributed by atoms with Gasteiger partial charge in [0.15, 0.2) is 6.29 Å². The summed E-state index contributed by atoms with van der Waals surface area (Å²) >= 11 is 6.00. The topological polar surface area (TPSA) is 52.1 Å². The highest BCUT2D eigenvalue weighted by atomic mass is 35.5. The molecule has 0 unspecified atom stereocenters. The lowest BCUT2D eigenvalue weighted by atomic mass is 10.2. The molecule has 0 N–H and O–H groups in total. The van der Waals surface area contributed by atoms with Gasteiger partial charge in [-0.1, -0.05) is 17.7 Å². The maximum Gasteiger partial charge on any atom is 0.321 e. The number of halogens is 1. The van der Waals surface area contributed by atoms with Crippen molar-refractivity contribution in [2.45, 2.75) is 6.92 Å². The zero-order valence-electron chi connectivity index (χ0n) is 9.05. The summed E-state index contributed by atoms with van der Waals surface area (Å²) in [5.74, 6) is 0.483. The fraction of sp³-hybridized carbons (Fsp3) is 0.0833. The molecule has 2 rings (SSSR count). The first kappa shape index (κ1) is 11.5. The largest absolute Gasteiger partial charge is 0.423 e. The molecule has 1 aromatic heterocycles. The zero-order valence-corrected chi connectivity index (χ0v) is 9.81. The highest BCUT2D eigenvalue weighted by molar-refractivity contribution is 6.32. The van der Waals surface area contributed by atoms with Gasteiger partial charge >= 0.3 is 6.01 Å². The molecule has 2 aromatic rings. The Labute approximate surface area is 103 Å². The average Bonchev–Trinajstić information content (AvgIpc) is 2.34. The van der Waals surface area contributed by atoms with Crippen molar-refractivity contribution in [2.75, 3.05) is 0 Å². The number of nitrogens with zero attached hydrogens (tertiary/aromatic N) is 2. The number of hydrogen-bond donors (Lipinski definition) is 0. The van der Waals surface area contributed by atoms with E-state index in [0.29, 0.717) is 22.6 Å². The highest BCUT2D eigenvalue weighted by Gasteiger charge is 2.05. The molecule has 86 valence electrons. The Morgan fingerprint density at radius 1 is 1.29 bits per heavy atom. The molecular weight excluding hydrogens is 240 g/mol. The zero-order chi connectivity index (χ0) is 12.3. The van der Waals surface area contributed by atoms with Gasteiger partial charge in [0.1, 0.15) is 5.75 Å². The molecule has 17 heavy (non-hydrogen) atoms. The van der Waals surface area contributed by atoms with Crippen LogP contribution in [0.2, 0.25) is 5.02 Å². The molecule has 0 saturated carbocycles. The van der Waals surface area contributed by atoms with Gasteiger partial charge in [-0.25, -0.2) is 9.97 Å². The van der Waals surface area contributed by atoms with Gasteiger partial charge in [-0.05, 0) is 24.6 Å². The molecular formula is C12H9ClN2O2. The van der Waals surface area contributed by atoms with Crippen LogP contribution in [0.1, 0.15) is 15.9 Å². The molecule has 5 heteroatoms. The van der Waals surface area contributed by atoms with E-state index in [2.05, 4.69) is 9.97 Å². The number of carbonyl (C=O) groups is 1. The van der Waals surface area contributed by atoms with Crippen LogP contribution < -0.4 is 4.74 Å². The summed E-state index contributed by atoms with van der Waals surface area (Å²) in [6, 6.07) is 5.56. The second-order valence-corrected chi connectivity index (χ2v) is 3.86. The highest BCUT2D eigenvalue weighted by Crippen LogP contribution is 2.28. The minimum absolute atomic E-state index is 0.154. The number of carbonyl (C=O) groups excluding carboxylic acids is 1. The Hall–Kier alpha value is -1.94. The molecule has 0 aliphatic rings. The standard InChI is InChI=1S/C12H9ClN2O2/c1-8-2-3-11(10(13)4-8)17-12-14-5-9(7-16)6-15-12/h2-7H,1H3. The number of benzene rings is 1. The van der Waals surface area contributed by atoms with Gasteiger partial charge in [-0.3, -0.25) is 4.79 Å². The molecule has 0 fully saturated rings. The molecule has 0 radical (unpaired) electrons. The smallest absolute Gasteiger partial charge is 0.321 e. The Balaban J connectivity index is 2.22. The van der Waals surface area contributed by atoms with Crippen molar-refractivity contribution in [3.05, 3.63) is 46.7 Å². The average molecular weight is 249 g/mol. The molecule has 0 aliphatic heterocycles. The lowest BCUT2D eigenvalue weighted by Gasteiger charge is -2.05. The minimum atomic E-state index is 0.154. The van der Waals surface area contributed by atoms with Crippen molar-refractivity contribution in [2.24, 2.45) is 0 Å². The number of aryl methyl sites for hydroxylation is 1. The molecule has 0 saturated heterocycles. The fourth-order valence-corrected chi connectivity index (χ4v) is 1.50. The van der Waals surface area contributed by atoms with E-state index in [-0.39, 0.29) is 6.01 Å². The van der Waals surface area contributed by atoms with Crippen LogP contribution in [0.4, 0.5) is 0 Å². The summed E-state index contributed by atoms with van der Waals surface area (Å²) in [7, 11) is 0. The van der Waals surface area contributed by atoms with E-state index >= 15 is 0 Å². The van der Waals surface area contributed by atoms with E-state index in [1.165, 1.54) is 12.4 Å². The number of rotatable bonds is 3. The van der Waals surface area contributed by atoms with Gasteiger partial charge in [0, 0.05) is 12.4 Å². The summed E-state index contributed by atoms with van der Waals surface area (Å²) in [5, 5.41) is 0.494. The third-order valence-corrected chi connectivity index (χ3v) is 2.37. The van der Waals surface area contributed by atoms with Crippen molar-refractivity contribution >= 4 is 17.9 Å². The Morgan fingerprint density at radius 3 is 2.59 bits per heavy atom. The minimum Gasteiger partial charge on any atom is -0.423 e. The van der Waals surface area contributed by atoms with E-state index in [4.69, 9.17) is 16.3 Å². The van der Waals surface area contributed by atoms with Crippen molar-refractivity contribution in [1.82, 2.24) is 9.97 Å². The van der Waals surface area contributed by atoms with Crippen LogP contribution in [0.5, 0.6) is 11.8 Å². The Bertz CT molecular complexity index is 541. The molecule has 0 aliphatic carbocycles. The van der Waals surface area contributed by atoms with Crippen LogP contribution in [0, 0.1) is 6.92 Å². The van der Waals surface area contributed by atoms with Crippen LogP contribution >= 0.6 is 11.6 Å². The molecule has 0 bridgehead atoms. The van der Waals surface area contributed by atoms with Gasteiger partial charge in [0.05, 0.1) is 10.6 Å². The van der Waals surface area contributed by atoms with Crippen LogP contribution in [0.15, 0.2) is 30.6 Å². The Morgan fingerprint density at radius 2 is 2.00 bits per heavy atom. The third-order valence-electron chi connectivity index (χ3n) is 2.07. The van der Waals surface area contributed by atoms with E-state index in [9.17, 15) is 4.79 Å². The van der Waals surface area contributed by atoms with Gasteiger partial charge in [0.2, 0.25) is 0 Å². The summed E-state index contributed by atoms with van der Waals surface area (Å²) in [6.07, 6.45) is 3.44. The van der Waals surface area contributed by atoms with Gasteiger partial charge in [-0.2, -0.15) is 0 Å². The first-order valence-corrected chi connectivity index (χ1v) is 5.28. The fourth-order valence-electron chi connectivity index (χ4n) is 1.23. The summed E-state index contributed by atoms with van der Waals surface area (Å²) in [5.41, 5.74) is 1.44. The van der Waals surface area contributed by atoms with Crippen molar-refractivity contribution < 1.29 is 9.53 Å². The predicted octanol–water partition coefficient (Wildman–Crippen LogP) is 3.04. The maximum absolute atomic E-state index is 10.4. The molecule has 0 spiro atoms. The lowest BCUT2D eigenvalue weighted by molar-refractivity contribution is 0.112. The van der Waals surface area contributed by atoms with Crippen LogP contribution in [-0.4, -0.2) is 16.3 Å². The maximum atomic E-state index is 10.4. The van der Waals surface area contributed by atoms with Crippen molar-refractivity contribution in [1.29, 1.82) is 0 Å². The quantitative estimate of drug-likeness (QED) is 0.784. The van der Waals surface area contributed by atoms with Gasteiger partial charge < -0.3 is 4.74 Å². The second kappa shape index (κ2) is 4.93. The van der Waals surface area contributed by atoms with Crippen LogP contribution in [0.25, 0.3) is 0 Å². The molecule has 0 amide bonds. The summed E-state index contributed by atoms with van der Waals surface area (Å²) < 4.78 is 5.39. The van der Waals surface area contributed by atoms with Gasteiger partial charge in [-0.15, -0.1) is 0 Å². The summed E-state index contributed by atoms with van der Waals surface area (Å²) in [4.78, 5) is 18.2. The van der Waals surface area contributed by atoms with E-state index in [1.807, 2.05) is 13.0 Å². The summed E-state index contributed by atoms with van der Waals surface area (Å²) in [6.45, 7) is 1.94. The monoisotopic (exact) mass is 248 g/mol. The predicted molar refractivity (Wildman–Crippen MR) is 63.7 cm³/mol. The van der Waals surface area contributed by atoms with E-state index in [1.54, 1.807) is 12.1 Å². The number of aromatic nitrogens is 2. The SMILES string of the molecule is Cc1ccc(Oc2ncc(C=O)cn2)c(Cl)c1. The molecule has 1 heterocycles. The first-order valence-electron chi connectivity index (χ1n) is 4.90. The van der Waals surface area contributed by atoms with Crippen LogP contribution in [0.3, 0.4) is 0 Å². The van der Waals surface area contributed by atoms with Crippen molar-refractivity contribution in [3.8, 4) is 11.8 Å². The normalized spacial score (nSPS) is 10.0. The van der Waals surface area contributed by atoms with Crippen molar-refractivity contribution in [3.63, 3.8) is 0 Å². The second-order valence-electron chi connectivity index (χ2n) is 3.45. The first-order chi connectivity index (χ1) is 8.19. The number of aldehydes is 1.